The number of aromatic nitrogens is 1. The van der Waals surface area contributed by atoms with Gasteiger partial charge in [0.05, 0.1) is 12.0 Å². The van der Waals surface area contributed by atoms with Crippen LogP contribution in [0.5, 0.6) is 0 Å². The molecule has 0 radical (unpaired) electrons. The van der Waals surface area contributed by atoms with E-state index in [-0.39, 0.29) is 18.1 Å². The summed E-state index contributed by atoms with van der Waals surface area (Å²) in [5.74, 6) is 1.29. The minimum atomic E-state index is -0.272. The Hall–Kier alpha value is -1.91. The molecular weight excluding hydrogens is 230 g/mol. The number of fused-ring (bicyclic) bond motifs is 2. The van der Waals surface area contributed by atoms with Gasteiger partial charge in [0.25, 0.3) is 0 Å². The molecule has 1 aromatic heterocycles. The summed E-state index contributed by atoms with van der Waals surface area (Å²) >= 11 is 0. The van der Waals surface area contributed by atoms with Crippen molar-refractivity contribution >= 4 is 23.3 Å². The van der Waals surface area contributed by atoms with Gasteiger partial charge >= 0.3 is 0 Å². The zero-order valence-corrected chi connectivity index (χ0v) is 10.5. The van der Waals surface area contributed by atoms with Gasteiger partial charge in [-0.15, -0.1) is 0 Å². The molecule has 94 valence electrons. The maximum atomic E-state index is 11.9. The Morgan fingerprint density at radius 3 is 3.00 bits per heavy atom. The molecule has 0 aromatic carbocycles. The van der Waals surface area contributed by atoms with Gasteiger partial charge in [0.1, 0.15) is 11.6 Å². The number of carbonyl (C=O) groups excluding carboxylic acids is 2. The van der Waals surface area contributed by atoms with E-state index in [1.807, 2.05) is 13.1 Å². The maximum absolute atomic E-state index is 11.9. The molecule has 5 nitrogen and oxygen atoms in total. The van der Waals surface area contributed by atoms with Gasteiger partial charge in [0, 0.05) is 13.6 Å². The van der Waals surface area contributed by atoms with Crippen LogP contribution in [0, 0.1) is 0 Å². The fraction of sp³-hybridized carbons (Fsp3) is 0.462. The Balaban J connectivity index is 2.17. The normalized spacial score (nSPS) is 22.3. The van der Waals surface area contributed by atoms with Crippen LogP contribution < -0.4 is 10.2 Å². The van der Waals surface area contributed by atoms with E-state index in [9.17, 15) is 9.59 Å². The highest BCUT2D eigenvalue weighted by atomic mass is 16.2. The van der Waals surface area contributed by atoms with Gasteiger partial charge in [0.2, 0.25) is 5.91 Å². The van der Waals surface area contributed by atoms with Crippen LogP contribution >= 0.6 is 0 Å². The second-order valence-electron chi connectivity index (χ2n) is 5.06. The Kier molecular flexibility index (Phi) is 2.36. The number of nitrogens with zero attached hydrogens (tertiary/aromatic N) is 2. The first-order valence-corrected chi connectivity index (χ1v) is 6.15. The van der Waals surface area contributed by atoms with Crippen molar-refractivity contribution in [2.24, 2.45) is 0 Å². The molecule has 3 heterocycles. The molecule has 5 heteroatoms. The number of amides is 1. The number of Topliss-reactive ketones (excluding diaryl/α,β-unsaturated/α-hetero) is 1. The fourth-order valence-electron chi connectivity index (χ4n) is 2.56. The van der Waals surface area contributed by atoms with Crippen molar-refractivity contribution < 1.29 is 9.59 Å². The van der Waals surface area contributed by atoms with Crippen molar-refractivity contribution in [2.75, 3.05) is 23.8 Å². The van der Waals surface area contributed by atoms with Gasteiger partial charge in [-0.2, -0.15) is 0 Å². The van der Waals surface area contributed by atoms with Gasteiger partial charge in [-0.05, 0) is 24.0 Å². The number of anilines is 2. The van der Waals surface area contributed by atoms with Crippen LogP contribution in [0.3, 0.4) is 0 Å². The van der Waals surface area contributed by atoms with E-state index in [0.717, 1.165) is 24.3 Å². The molecule has 3 rings (SSSR count). The van der Waals surface area contributed by atoms with Gasteiger partial charge in [0.15, 0.2) is 5.78 Å². The molecule has 2 aliphatic heterocycles. The highest BCUT2D eigenvalue weighted by molar-refractivity contribution is 6.18. The minimum absolute atomic E-state index is 0.0717. The lowest BCUT2D eigenvalue weighted by atomic mass is 9.91. The van der Waals surface area contributed by atoms with Crippen molar-refractivity contribution in [2.45, 2.75) is 25.7 Å². The van der Waals surface area contributed by atoms with E-state index in [2.05, 4.69) is 22.1 Å². The summed E-state index contributed by atoms with van der Waals surface area (Å²) in [5, 5.41) is 2.68. The van der Waals surface area contributed by atoms with Crippen LogP contribution in [0.1, 0.15) is 41.6 Å². The first-order valence-electron chi connectivity index (χ1n) is 6.15. The van der Waals surface area contributed by atoms with E-state index in [1.54, 1.807) is 0 Å². The van der Waals surface area contributed by atoms with Crippen LogP contribution in [-0.2, 0) is 4.79 Å². The zero-order valence-electron chi connectivity index (χ0n) is 10.5. The highest BCUT2D eigenvalue weighted by Crippen LogP contribution is 2.36. The maximum Gasteiger partial charge on any atom is 0.233 e. The summed E-state index contributed by atoms with van der Waals surface area (Å²) in [5.41, 5.74) is 1.66. The van der Waals surface area contributed by atoms with E-state index in [0.29, 0.717) is 17.3 Å². The summed E-state index contributed by atoms with van der Waals surface area (Å²) in [7, 11) is 1.98. The second kappa shape index (κ2) is 3.80. The summed E-state index contributed by atoms with van der Waals surface area (Å²) in [6.07, 6.45) is 0.988. The van der Waals surface area contributed by atoms with E-state index >= 15 is 0 Å². The van der Waals surface area contributed by atoms with E-state index < -0.39 is 0 Å². The SMILES string of the molecule is CC1CCN(C)c2nc3c(cc21)C(=O)CC(=O)N3. The topological polar surface area (TPSA) is 62.3 Å². The number of nitrogens with one attached hydrogen (secondary N) is 1. The van der Waals surface area contributed by atoms with Crippen molar-refractivity contribution in [3.05, 3.63) is 17.2 Å². The Bertz CT molecular complexity index is 553. The number of hydrogen-bond donors (Lipinski definition) is 1. The largest absolute Gasteiger partial charge is 0.359 e. The monoisotopic (exact) mass is 245 g/mol. The van der Waals surface area contributed by atoms with Crippen LogP contribution in [-0.4, -0.2) is 30.3 Å². The van der Waals surface area contributed by atoms with E-state index in [4.69, 9.17) is 0 Å². The predicted molar refractivity (Wildman–Crippen MR) is 68.1 cm³/mol. The van der Waals surface area contributed by atoms with Crippen LogP contribution in [0.25, 0.3) is 0 Å². The third-order valence-electron chi connectivity index (χ3n) is 3.70. The molecule has 0 fully saturated rings. The molecule has 1 atom stereocenters. The lowest BCUT2D eigenvalue weighted by Gasteiger charge is -2.32. The molecule has 18 heavy (non-hydrogen) atoms. The lowest BCUT2D eigenvalue weighted by molar-refractivity contribution is -0.115. The van der Waals surface area contributed by atoms with Gasteiger partial charge in [-0.1, -0.05) is 6.92 Å². The first kappa shape index (κ1) is 11.2. The average Bonchev–Trinajstić information content (AvgIpc) is 2.32. The molecule has 0 aliphatic carbocycles. The zero-order chi connectivity index (χ0) is 12.9. The number of rotatable bonds is 0. The van der Waals surface area contributed by atoms with Crippen molar-refractivity contribution in [1.82, 2.24) is 4.98 Å². The number of hydrogen-bond acceptors (Lipinski definition) is 4. The van der Waals surface area contributed by atoms with Crippen LogP contribution in [0.4, 0.5) is 11.6 Å². The summed E-state index contributed by atoms with van der Waals surface area (Å²) in [4.78, 5) is 29.7. The van der Waals surface area contributed by atoms with Crippen molar-refractivity contribution in [3.8, 4) is 0 Å². The molecule has 0 spiro atoms. The predicted octanol–water partition coefficient (Wildman–Crippen LogP) is 1.55. The van der Waals surface area contributed by atoms with Crippen molar-refractivity contribution in [1.29, 1.82) is 0 Å². The van der Waals surface area contributed by atoms with Gasteiger partial charge < -0.3 is 10.2 Å². The number of carbonyl (C=O) groups is 2. The van der Waals surface area contributed by atoms with Crippen molar-refractivity contribution in [3.63, 3.8) is 0 Å². The molecule has 1 N–H and O–H groups in total. The Morgan fingerprint density at radius 2 is 2.22 bits per heavy atom. The third kappa shape index (κ3) is 1.58. The number of pyridine rings is 1. The smallest absolute Gasteiger partial charge is 0.233 e. The van der Waals surface area contributed by atoms with Crippen LogP contribution in [0.15, 0.2) is 6.07 Å². The number of ketones is 1. The quantitative estimate of drug-likeness (QED) is 0.704. The Labute approximate surface area is 105 Å². The molecule has 1 aromatic rings. The third-order valence-corrected chi connectivity index (χ3v) is 3.70. The summed E-state index contributed by atoms with van der Waals surface area (Å²) < 4.78 is 0. The Morgan fingerprint density at radius 1 is 1.44 bits per heavy atom. The average molecular weight is 245 g/mol. The van der Waals surface area contributed by atoms with Gasteiger partial charge in [-0.25, -0.2) is 4.98 Å². The van der Waals surface area contributed by atoms with Gasteiger partial charge in [-0.3, -0.25) is 9.59 Å². The molecule has 2 aliphatic rings. The van der Waals surface area contributed by atoms with Crippen LogP contribution in [0.2, 0.25) is 0 Å². The molecular formula is C13H15N3O2. The van der Waals surface area contributed by atoms with E-state index in [1.165, 1.54) is 0 Å². The molecule has 0 bridgehead atoms. The first-order chi connectivity index (χ1) is 8.56. The molecule has 0 saturated heterocycles. The standard InChI is InChI=1S/C13H15N3O2/c1-7-3-4-16(2)13-8(7)5-9-10(17)6-11(18)14-12(9)15-13/h5,7H,3-4,6H2,1-2H3,(H,14,15,18). The molecule has 1 amide bonds. The minimum Gasteiger partial charge on any atom is -0.359 e. The summed E-state index contributed by atoms with van der Waals surface area (Å²) in [6, 6.07) is 1.90. The molecule has 0 saturated carbocycles. The lowest BCUT2D eigenvalue weighted by Crippen LogP contribution is -2.31. The second-order valence-corrected chi connectivity index (χ2v) is 5.06. The molecule has 1 unspecified atom stereocenters. The fourth-order valence-corrected chi connectivity index (χ4v) is 2.56. The highest BCUT2D eigenvalue weighted by Gasteiger charge is 2.29. The summed E-state index contributed by atoms with van der Waals surface area (Å²) in [6.45, 7) is 3.09.